The number of nitrogens with zero attached hydrogens (tertiary/aromatic N) is 1. The smallest absolute Gasteiger partial charge is 0.266 e. The number of rotatable bonds is 8. The second-order valence-corrected chi connectivity index (χ2v) is 8.91. The topological polar surface area (TPSA) is 71.3 Å². The maximum Gasteiger partial charge on any atom is 0.266 e. The normalized spacial score (nSPS) is 11.0. The Hall–Kier alpha value is -3.27. The summed E-state index contributed by atoms with van der Waals surface area (Å²) in [6.45, 7) is 6.58. The van der Waals surface area contributed by atoms with Gasteiger partial charge in [0.2, 0.25) is 0 Å². The number of halogens is 2. The molecule has 0 radical (unpaired) electrons. The van der Waals surface area contributed by atoms with Crippen molar-refractivity contribution < 1.29 is 14.3 Å². The predicted octanol–water partition coefficient (Wildman–Crippen LogP) is 7.24. The van der Waals surface area contributed by atoms with Crippen LogP contribution >= 0.6 is 27.5 Å². The Balaban J connectivity index is 1.87. The average molecular weight is 540 g/mol. The van der Waals surface area contributed by atoms with Crippen LogP contribution in [0.3, 0.4) is 0 Å². The molecule has 0 atom stereocenters. The summed E-state index contributed by atoms with van der Waals surface area (Å²) < 4.78 is 12.4. The molecule has 0 aliphatic heterocycles. The maximum absolute atomic E-state index is 12.8. The van der Waals surface area contributed by atoms with Crippen LogP contribution in [0.4, 0.5) is 5.69 Å². The number of nitriles is 1. The summed E-state index contributed by atoms with van der Waals surface area (Å²) in [6.07, 6.45) is 1.51. The van der Waals surface area contributed by atoms with Crippen LogP contribution in [-0.4, -0.2) is 12.5 Å². The quantitative estimate of drug-likeness (QED) is 0.242. The van der Waals surface area contributed by atoms with E-state index in [0.717, 1.165) is 16.7 Å². The minimum atomic E-state index is -0.530. The van der Waals surface area contributed by atoms with Gasteiger partial charge in [0.1, 0.15) is 18.2 Å². The van der Waals surface area contributed by atoms with Crippen molar-refractivity contribution in [2.75, 3.05) is 11.9 Å². The Morgan fingerprint density at radius 1 is 1.12 bits per heavy atom. The molecule has 0 aliphatic rings. The fraction of sp³-hybridized carbons (Fsp3) is 0.185. The van der Waals surface area contributed by atoms with Crippen LogP contribution in [0.25, 0.3) is 6.08 Å². The first-order chi connectivity index (χ1) is 16.3. The Morgan fingerprint density at radius 3 is 2.59 bits per heavy atom. The van der Waals surface area contributed by atoms with Crippen molar-refractivity contribution in [2.24, 2.45) is 0 Å². The third-order valence-electron chi connectivity index (χ3n) is 4.95. The van der Waals surface area contributed by atoms with Crippen molar-refractivity contribution in [3.05, 3.63) is 91.9 Å². The molecule has 34 heavy (non-hydrogen) atoms. The highest BCUT2D eigenvalue weighted by atomic mass is 79.9. The van der Waals surface area contributed by atoms with Crippen LogP contribution < -0.4 is 14.8 Å². The van der Waals surface area contributed by atoms with E-state index < -0.39 is 5.91 Å². The molecule has 0 heterocycles. The zero-order valence-corrected chi connectivity index (χ0v) is 21.5. The van der Waals surface area contributed by atoms with Gasteiger partial charge in [0.15, 0.2) is 11.5 Å². The van der Waals surface area contributed by atoms with Crippen LogP contribution in [0, 0.1) is 25.2 Å². The molecule has 0 fully saturated rings. The first-order valence-electron chi connectivity index (χ1n) is 10.6. The number of ether oxygens (including phenoxy) is 2. The van der Waals surface area contributed by atoms with Gasteiger partial charge in [-0.2, -0.15) is 5.26 Å². The molecule has 3 aromatic rings. The average Bonchev–Trinajstić information content (AvgIpc) is 2.80. The first-order valence-corrected chi connectivity index (χ1v) is 11.8. The standard InChI is InChI=1S/C27H24BrClN2O3/c1-4-33-25-12-20(23(28)14-26(25)34-16-19-7-5-6-17(2)10-19)11-21(15-30)27(32)31-24-13-22(29)9-8-18(24)3/h5-14H,4,16H2,1-3H3,(H,31,32)/b21-11+. The summed E-state index contributed by atoms with van der Waals surface area (Å²) >= 11 is 9.56. The van der Waals surface area contributed by atoms with Gasteiger partial charge in [0.05, 0.1) is 6.61 Å². The lowest BCUT2D eigenvalue weighted by atomic mass is 10.1. The molecule has 3 aromatic carbocycles. The van der Waals surface area contributed by atoms with E-state index in [-0.39, 0.29) is 5.57 Å². The fourth-order valence-electron chi connectivity index (χ4n) is 3.23. The summed E-state index contributed by atoms with van der Waals surface area (Å²) in [6, 6.07) is 18.8. The summed E-state index contributed by atoms with van der Waals surface area (Å²) in [5, 5.41) is 12.9. The zero-order valence-electron chi connectivity index (χ0n) is 19.1. The van der Waals surface area contributed by atoms with Crippen molar-refractivity contribution in [2.45, 2.75) is 27.4 Å². The molecule has 0 bridgehead atoms. The second-order valence-electron chi connectivity index (χ2n) is 7.61. The molecule has 1 N–H and O–H groups in total. The number of nitrogens with one attached hydrogen (secondary N) is 1. The van der Waals surface area contributed by atoms with Gasteiger partial charge < -0.3 is 14.8 Å². The Bertz CT molecular complexity index is 1280. The minimum Gasteiger partial charge on any atom is -0.490 e. The van der Waals surface area contributed by atoms with E-state index in [1.54, 1.807) is 30.3 Å². The SMILES string of the molecule is CCOc1cc(/C=C(\C#N)C(=O)Nc2cc(Cl)ccc2C)c(Br)cc1OCc1cccc(C)c1. The van der Waals surface area contributed by atoms with Gasteiger partial charge >= 0.3 is 0 Å². The molecule has 5 nitrogen and oxygen atoms in total. The van der Waals surface area contributed by atoms with Crippen molar-refractivity contribution in [1.29, 1.82) is 5.26 Å². The zero-order chi connectivity index (χ0) is 24.7. The predicted molar refractivity (Wildman–Crippen MR) is 139 cm³/mol. The third kappa shape index (κ3) is 6.63. The van der Waals surface area contributed by atoms with Crippen LogP contribution in [0.2, 0.25) is 5.02 Å². The fourth-order valence-corrected chi connectivity index (χ4v) is 3.84. The molecule has 0 saturated carbocycles. The Labute approximate surface area is 213 Å². The molecule has 1 amide bonds. The number of anilines is 1. The highest BCUT2D eigenvalue weighted by Gasteiger charge is 2.15. The number of hydrogen-bond acceptors (Lipinski definition) is 4. The van der Waals surface area contributed by atoms with Gasteiger partial charge in [-0.1, -0.05) is 63.4 Å². The largest absolute Gasteiger partial charge is 0.490 e. The molecule has 0 aromatic heterocycles. The lowest BCUT2D eigenvalue weighted by Gasteiger charge is -2.14. The van der Waals surface area contributed by atoms with Gasteiger partial charge in [-0.25, -0.2) is 0 Å². The number of hydrogen-bond donors (Lipinski definition) is 1. The third-order valence-corrected chi connectivity index (χ3v) is 5.87. The molecule has 174 valence electrons. The van der Waals surface area contributed by atoms with E-state index in [9.17, 15) is 10.1 Å². The van der Waals surface area contributed by atoms with Crippen molar-refractivity contribution >= 4 is 45.2 Å². The van der Waals surface area contributed by atoms with Crippen molar-refractivity contribution in [3.63, 3.8) is 0 Å². The highest BCUT2D eigenvalue weighted by Crippen LogP contribution is 2.35. The number of benzene rings is 3. The van der Waals surface area contributed by atoms with Gasteiger partial charge in [-0.3, -0.25) is 4.79 Å². The van der Waals surface area contributed by atoms with Crippen LogP contribution in [-0.2, 0) is 11.4 Å². The maximum atomic E-state index is 12.8. The second kappa shape index (κ2) is 11.7. The van der Waals surface area contributed by atoms with E-state index in [1.807, 2.05) is 45.0 Å². The number of aryl methyl sites for hydroxylation is 2. The van der Waals surface area contributed by atoms with Crippen LogP contribution in [0.15, 0.2) is 64.6 Å². The number of carbonyl (C=O) groups excluding carboxylic acids is 1. The Morgan fingerprint density at radius 2 is 1.88 bits per heavy atom. The summed E-state index contributed by atoms with van der Waals surface area (Å²) in [5.41, 5.74) is 4.14. The summed E-state index contributed by atoms with van der Waals surface area (Å²) in [7, 11) is 0. The summed E-state index contributed by atoms with van der Waals surface area (Å²) in [4.78, 5) is 12.8. The summed E-state index contributed by atoms with van der Waals surface area (Å²) in [5.74, 6) is 0.551. The molecule has 7 heteroatoms. The number of carbonyl (C=O) groups is 1. The molecular weight excluding hydrogens is 516 g/mol. The van der Waals surface area contributed by atoms with Gasteiger partial charge in [-0.05, 0) is 67.8 Å². The lowest BCUT2D eigenvalue weighted by Crippen LogP contribution is -2.14. The van der Waals surface area contributed by atoms with E-state index in [0.29, 0.717) is 45.5 Å². The lowest BCUT2D eigenvalue weighted by molar-refractivity contribution is -0.112. The van der Waals surface area contributed by atoms with E-state index in [1.165, 1.54) is 6.08 Å². The monoisotopic (exact) mass is 538 g/mol. The first kappa shape index (κ1) is 25.4. The van der Waals surface area contributed by atoms with E-state index >= 15 is 0 Å². The Kier molecular flexibility index (Phi) is 8.75. The molecule has 0 spiro atoms. The van der Waals surface area contributed by atoms with Crippen molar-refractivity contribution in [1.82, 2.24) is 0 Å². The van der Waals surface area contributed by atoms with E-state index in [4.69, 9.17) is 21.1 Å². The van der Waals surface area contributed by atoms with Gasteiger partial charge in [0.25, 0.3) is 5.91 Å². The molecule has 3 rings (SSSR count). The van der Waals surface area contributed by atoms with Crippen LogP contribution in [0.5, 0.6) is 11.5 Å². The molecule has 0 unspecified atom stereocenters. The van der Waals surface area contributed by atoms with E-state index in [2.05, 4.69) is 27.3 Å². The van der Waals surface area contributed by atoms with Gasteiger partial charge in [-0.15, -0.1) is 0 Å². The van der Waals surface area contributed by atoms with Crippen molar-refractivity contribution in [3.8, 4) is 17.6 Å². The number of amides is 1. The minimum absolute atomic E-state index is 0.0593. The molecular formula is C27H24BrClN2O3. The highest BCUT2D eigenvalue weighted by molar-refractivity contribution is 9.10. The molecule has 0 saturated heterocycles. The van der Waals surface area contributed by atoms with Gasteiger partial charge in [0, 0.05) is 15.2 Å². The van der Waals surface area contributed by atoms with Crippen LogP contribution in [0.1, 0.15) is 29.2 Å². The molecule has 0 aliphatic carbocycles.